The van der Waals surface area contributed by atoms with Gasteiger partial charge in [-0.2, -0.15) is 0 Å². The van der Waals surface area contributed by atoms with E-state index in [1.165, 1.54) is 0 Å². The van der Waals surface area contributed by atoms with Gasteiger partial charge in [-0.1, -0.05) is 27.2 Å². The van der Waals surface area contributed by atoms with Gasteiger partial charge in [-0.25, -0.2) is 0 Å². The zero-order chi connectivity index (χ0) is 10.6. The standard InChI is InChI=1S/C9H14Cl2O2/c1-4-6(3)9(5-2,7(10)12)8(11)13/h6H,4-5H2,1-3H3. The van der Waals surface area contributed by atoms with Crippen molar-refractivity contribution in [1.82, 2.24) is 0 Å². The Labute approximate surface area is 88.6 Å². The first-order valence-electron chi connectivity index (χ1n) is 4.33. The van der Waals surface area contributed by atoms with Gasteiger partial charge >= 0.3 is 0 Å². The molecule has 0 aromatic rings. The second-order valence-electron chi connectivity index (χ2n) is 3.18. The Morgan fingerprint density at radius 2 is 1.62 bits per heavy atom. The Morgan fingerprint density at radius 3 is 1.69 bits per heavy atom. The fraction of sp³-hybridized carbons (Fsp3) is 0.778. The second kappa shape index (κ2) is 4.97. The number of hydrogen-bond donors (Lipinski definition) is 0. The van der Waals surface area contributed by atoms with Gasteiger partial charge in [0.15, 0.2) is 0 Å². The molecule has 0 saturated carbocycles. The van der Waals surface area contributed by atoms with E-state index in [9.17, 15) is 9.59 Å². The molecule has 13 heavy (non-hydrogen) atoms. The van der Waals surface area contributed by atoms with Gasteiger partial charge in [0, 0.05) is 0 Å². The smallest absolute Gasteiger partial charge is 0.236 e. The maximum Gasteiger partial charge on any atom is 0.236 e. The SMILES string of the molecule is CCC(C)C(CC)(C(=O)Cl)C(=O)Cl. The highest BCUT2D eigenvalue weighted by Crippen LogP contribution is 2.38. The second-order valence-corrected chi connectivity index (χ2v) is 3.87. The molecule has 0 heterocycles. The van der Waals surface area contributed by atoms with Crippen molar-refractivity contribution < 1.29 is 9.59 Å². The molecule has 0 aliphatic rings. The zero-order valence-corrected chi connectivity index (χ0v) is 9.58. The highest BCUT2D eigenvalue weighted by atomic mass is 35.5. The fourth-order valence-corrected chi connectivity index (χ4v) is 2.30. The first-order valence-corrected chi connectivity index (χ1v) is 5.08. The molecule has 4 heteroatoms. The van der Waals surface area contributed by atoms with Gasteiger partial charge < -0.3 is 0 Å². The van der Waals surface area contributed by atoms with Crippen molar-refractivity contribution in [3.8, 4) is 0 Å². The Kier molecular flexibility index (Phi) is 4.93. The third kappa shape index (κ3) is 2.23. The maximum atomic E-state index is 11.2. The number of halogens is 2. The van der Waals surface area contributed by atoms with Crippen molar-refractivity contribution in [1.29, 1.82) is 0 Å². The van der Waals surface area contributed by atoms with Crippen LogP contribution < -0.4 is 0 Å². The minimum Gasteiger partial charge on any atom is -0.280 e. The molecule has 0 spiro atoms. The highest BCUT2D eigenvalue weighted by molar-refractivity contribution is 6.74. The number of rotatable bonds is 5. The molecular weight excluding hydrogens is 211 g/mol. The normalized spacial score (nSPS) is 13.9. The van der Waals surface area contributed by atoms with Gasteiger partial charge in [-0.05, 0) is 35.5 Å². The molecule has 0 saturated heterocycles. The van der Waals surface area contributed by atoms with Crippen molar-refractivity contribution in [2.45, 2.75) is 33.6 Å². The first kappa shape index (κ1) is 12.9. The van der Waals surface area contributed by atoms with E-state index < -0.39 is 15.9 Å². The molecule has 0 amide bonds. The predicted molar refractivity (Wildman–Crippen MR) is 53.9 cm³/mol. The highest BCUT2D eigenvalue weighted by Gasteiger charge is 2.46. The number of carbonyl (C=O) groups is 2. The molecule has 0 aromatic carbocycles. The average molecular weight is 225 g/mol. The van der Waals surface area contributed by atoms with Crippen LogP contribution in [-0.4, -0.2) is 10.5 Å². The van der Waals surface area contributed by atoms with Crippen LogP contribution >= 0.6 is 23.2 Å². The van der Waals surface area contributed by atoms with Gasteiger partial charge in [0.2, 0.25) is 10.5 Å². The monoisotopic (exact) mass is 224 g/mol. The lowest BCUT2D eigenvalue weighted by atomic mass is 9.75. The van der Waals surface area contributed by atoms with Gasteiger partial charge in [0.05, 0.1) is 0 Å². The summed E-state index contributed by atoms with van der Waals surface area (Å²) in [6.07, 6.45) is 1.05. The molecule has 0 fully saturated rings. The fourth-order valence-electron chi connectivity index (χ4n) is 1.44. The molecule has 0 rings (SSSR count). The van der Waals surface area contributed by atoms with Gasteiger partial charge in [-0.3, -0.25) is 9.59 Å². The number of hydrogen-bond acceptors (Lipinski definition) is 2. The summed E-state index contributed by atoms with van der Waals surface area (Å²) in [5.74, 6) is -0.118. The summed E-state index contributed by atoms with van der Waals surface area (Å²) in [6.45, 7) is 5.45. The summed E-state index contributed by atoms with van der Waals surface area (Å²) in [7, 11) is 0. The first-order chi connectivity index (χ1) is 5.93. The van der Waals surface area contributed by atoms with Crippen molar-refractivity contribution in [3.05, 3.63) is 0 Å². The van der Waals surface area contributed by atoms with Gasteiger partial charge in [0.25, 0.3) is 0 Å². The predicted octanol–water partition coefficient (Wildman–Crippen LogP) is 2.96. The molecule has 76 valence electrons. The summed E-state index contributed by atoms with van der Waals surface area (Å²) in [5, 5.41) is -1.30. The zero-order valence-electron chi connectivity index (χ0n) is 8.06. The molecule has 0 aliphatic carbocycles. The van der Waals surface area contributed by atoms with Crippen LogP contribution in [0.25, 0.3) is 0 Å². The van der Waals surface area contributed by atoms with E-state index in [0.29, 0.717) is 12.8 Å². The van der Waals surface area contributed by atoms with Crippen LogP contribution in [0.1, 0.15) is 33.6 Å². The van der Waals surface area contributed by atoms with Gasteiger partial charge in [-0.15, -0.1) is 0 Å². The Balaban J connectivity index is 5.10. The van der Waals surface area contributed by atoms with E-state index in [2.05, 4.69) is 0 Å². The van der Waals surface area contributed by atoms with Crippen molar-refractivity contribution >= 4 is 33.7 Å². The molecule has 1 atom stereocenters. The van der Waals surface area contributed by atoms with Crippen LogP contribution in [0.3, 0.4) is 0 Å². The van der Waals surface area contributed by atoms with E-state index in [0.717, 1.165) is 0 Å². The van der Waals surface area contributed by atoms with E-state index >= 15 is 0 Å². The molecular formula is C9H14Cl2O2. The molecule has 0 bridgehead atoms. The van der Waals surface area contributed by atoms with E-state index in [1.807, 2.05) is 13.8 Å². The quantitative estimate of drug-likeness (QED) is 0.532. The lowest BCUT2D eigenvalue weighted by molar-refractivity contribution is -0.135. The van der Waals surface area contributed by atoms with Gasteiger partial charge in [0.1, 0.15) is 5.41 Å². The topological polar surface area (TPSA) is 34.1 Å². The number of carbonyl (C=O) groups excluding carboxylic acids is 2. The molecule has 0 radical (unpaired) electrons. The average Bonchev–Trinajstić information content (AvgIpc) is 2.04. The lowest BCUT2D eigenvalue weighted by Crippen LogP contribution is -2.39. The van der Waals surface area contributed by atoms with Crippen molar-refractivity contribution in [2.24, 2.45) is 11.3 Å². The van der Waals surface area contributed by atoms with E-state index in [1.54, 1.807) is 6.92 Å². The van der Waals surface area contributed by atoms with Crippen molar-refractivity contribution in [2.75, 3.05) is 0 Å². The summed E-state index contributed by atoms with van der Waals surface area (Å²) in [6, 6.07) is 0. The summed E-state index contributed by atoms with van der Waals surface area (Å²) >= 11 is 10.9. The molecule has 0 N–H and O–H groups in total. The Bertz CT molecular complexity index is 200. The molecule has 0 aliphatic heterocycles. The molecule has 0 aromatic heterocycles. The van der Waals surface area contributed by atoms with Crippen LogP contribution in [-0.2, 0) is 9.59 Å². The van der Waals surface area contributed by atoms with Crippen LogP contribution in [0.15, 0.2) is 0 Å². The van der Waals surface area contributed by atoms with E-state index in [4.69, 9.17) is 23.2 Å². The summed E-state index contributed by atoms with van der Waals surface area (Å²) in [4.78, 5) is 22.4. The van der Waals surface area contributed by atoms with Crippen LogP contribution in [0.2, 0.25) is 0 Å². The maximum absolute atomic E-state index is 11.2. The Hall–Kier alpha value is -0.0800. The van der Waals surface area contributed by atoms with Crippen LogP contribution in [0.4, 0.5) is 0 Å². The third-order valence-corrected chi connectivity index (χ3v) is 3.39. The van der Waals surface area contributed by atoms with Crippen LogP contribution in [0.5, 0.6) is 0 Å². The largest absolute Gasteiger partial charge is 0.280 e. The minimum atomic E-state index is -1.20. The van der Waals surface area contributed by atoms with E-state index in [-0.39, 0.29) is 5.92 Å². The Morgan fingerprint density at radius 1 is 1.23 bits per heavy atom. The lowest BCUT2D eigenvalue weighted by Gasteiger charge is -2.30. The van der Waals surface area contributed by atoms with Crippen molar-refractivity contribution in [3.63, 3.8) is 0 Å². The third-order valence-electron chi connectivity index (χ3n) is 2.71. The minimum absolute atomic E-state index is 0.118. The molecule has 2 nitrogen and oxygen atoms in total. The molecule has 1 unspecified atom stereocenters. The summed E-state index contributed by atoms with van der Waals surface area (Å²) < 4.78 is 0. The summed E-state index contributed by atoms with van der Waals surface area (Å²) in [5.41, 5.74) is -1.20. The van der Waals surface area contributed by atoms with Crippen LogP contribution in [0, 0.1) is 11.3 Å².